The highest BCUT2D eigenvalue weighted by molar-refractivity contribution is 5.85. The van der Waals surface area contributed by atoms with E-state index in [0.717, 1.165) is 12.8 Å². The Hall–Kier alpha value is -2.12. The van der Waals surface area contributed by atoms with Crippen LogP contribution in [0.5, 0.6) is 0 Å². The van der Waals surface area contributed by atoms with Crippen LogP contribution in [-0.4, -0.2) is 54.5 Å². The normalized spacial score (nSPS) is 22.4. The number of aliphatic imine (C=N–C) groups is 2. The van der Waals surface area contributed by atoms with Gasteiger partial charge in [0.1, 0.15) is 11.7 Å². The molecule has 140 valence electrons. The Labute approximate surface area is 148 Å². The van der Waals surface area contributed by atoms with Crippen LogP contribution in [0.2, 0.25) is 0 Å². The van der Waals surface area contributed by atoms with Crippen LogP contribution in [0.3, 0.4) is 0 Å². The second-order valence-corrected chi connectivity index (χ2v) is 7.28. The maximum Gasteiger partial charge on any atom is 0.410 e. The fourth-order valence-electron chi connectivity index (χ4n) is 2.28. The van der Waals surface area contributed by atoms with Gasteiger partial charge < -0.3 is 14.4 Å². The summed E-state index contributed by atoms with van der Waals surface area (Å²) < 4.78 is 24.4. The number of ether oxygens (including phenoxy) is 2. The van der Waals surface area contributed by atoms with Gasteiger partial charge in [-0.05, 0) is 53.7 Å². The summed E-state index contributed by atoms with van der Waals surface area (Å²) in [4.78, 5) is 21.9. The van der Waals surface area contributed by atoms with E-state index in [9.17, 15) is 9.18 Å². The average molecular weight is 354 g/mol. The number of hydrogen-bond acceptors (Lipinski definition) is 4. The van der Waals surface area contributed by atoms with Crippen LogP contribution >= 0.6 is 0 Å². The lowest BCUT2D eigenvalue weighted by molar-refractivity contribution is 0.0293. The van der Waals surface area contributed by atoms with Gasteiger partial charge in [0, 0.05) is 13.1 Å². The maximum absolute atomic E-state index is 13.6. The molecule has 1 heterocycles. The highest BCUT2D eigenvalue weighted by atomic mass is 19.1. The third-order valence-corrected chi connectivity index (χ3v) is 3.62. The minimum atomic E-state index is -0.535. The van der Waals surface area contributed by atoms with Crippen LogP contribution in [0.1, 0.15) is 47.0 Å². The number of nitrogens with one attached hydrogen (secondary N) is 1. The first kappa shape index (κ1) is 19.2. The van der Waals surface area contributed by atoms with E-state index in [0.29, 0.717) is 19.5 Å². The van der Waals surface area contributed by atoms with Crippen molar-refractivity contribution < 1.29 is 18.7 Å². The second-order valence-electron chi connectivity index (χ2n) is 7.28. The van der Waals surface area contributed by atoms with Crippen molar-refractivity contribution in [2.45, 2.75) is 64.7 Å². The van der Waals surface area contributed by atoms with E-state index in [4.69, 9.17) is 9.47 Å². The molecule has 0 unspecified atom stereocenters. The molecule has 1 saturated carbocycles. The van der Waals surface area contributed by atoms with Gasteiger partial charge in [-0.2, -0.15) is 0 Å². The average Bonchev–Trinajstić information content (AvgIpc) is 3.19. The van der Waals surface area contributed by atoms with Gasteiger partial charge in [-0.15, -0.1) is 0 Å². The summed E-state index contributed by atoms with van der Waals surface area (Å²) in [6.07, 6.45) is 2.20. The molecule has 1 aliphatic heterocycles. The number of nitrogens with zero attached hydrogens (tertiary/aromatic N) is 3. The highest BCUT2D eigenvalue weighted by Crippen LogP contribution is 2.26. The molecule has 0 spiro atoms. The smallest absolute Gasteiger partial charge is 0.410 e. The molecule has 1 aliphatic carbocycles. The summed E-state index contributed by atoms with van der Waals surface area (Å²) in [6, 6.07) is -0.150. The van der Waals surface area contributed by atoms with Crippen LogP contribution in [0.15, 0.2) is 21.7 Å². The van der Waals surface area contributed by atoms with Gasteiger partial charge in [0.05, 0.1) is 6.04 Å². The van der Waals surface area contributed by atoms with Crippen molar-refractivity contribution in [3.63, 3.8) is 0 Å². The number of amides is 1. The molecule has 0 radical (unpaired) electrons. The maximum atomic E-state index is 13.6. The van der Waals surface area contributed by atoms with E-state index in [-0.39, 0.29) is 30.1 Å². The number of allylic oxidation sites excluding steroid dienone is 1. The number of halogens is 1. The lowest BCUT2D eigenvalue weighted by Gasteiger charge is -2.24. The van der Waals surface area contributed by atoms with E-state index < -0.39 is 11.4 Å². The van der Waals surface area contributed by atoms with Crippen molar-refractivity contribution in [1.29, 1.82) is 0 Å². The van der Waals surface area contributed by atoms with E-state index in [1.54, 1.807) is 4.90 Å². The number of rotatable bonds is 4. The lowest BCUT2D eigenvalue weighted by Crippen LogP contribution is -2.35. The first-order chi connectivity index (χ1) is 11.7. The number of likely N-dealkylation sites (tertiary alicyclic amines) is 1. The molecule has 0 aromatic rings. The van der Waals surface area contributed by atoms with Gasteiger partial charge in [-0.3, -0.25) is 5.32 Å². The third-order valence-electron chi connectivity index (χ3n) is 3.62. The van der Waals surface area contributed by atoms with Gasteiger partial charge in [0.25, 0.3) is 0 Å². The molecule has 2 fully saturated rings. The predicted octanol–water partition coefficient (Wildman–Crippen LogP) is 2.98. The Bertz CT molecular complexity index is 575. The molecule has 0 aromatic heterocycles. The fourth-order valence-corrected chi connectivity index (χ4v) is 2.28. The van der Waals surface area contributed by atoms with Gasteiger partial charge in [-0.1, -0.05) is 0 Å². The van der Waals surface area contributed by atoms with Crippen molar-refractivity contribution in [1.82, 2.24) is 10.2 Å². The first-order valence-corrected chi connectivity index (χ1v) is 8.50. The monoisotopic (exact) mass is 354 g/mol. The zero-order valence-electron chi connectivity index (χ0n) is 15.3. The summed E-state index contributed by atoms with van der Waals surface area (Å²) in [5.74, 6) is -0.260. The van der Waals surface area contributed by atoms with Crippen molar-refractivity contribution in [3.8, 4) is 0 Å². The topological polar surface area (TPSA) is 75.5 Å². The predicted molar refractivity (Wildman–Crippen MR) is 94.2 cm³/mol. The fraction of sp³-hybridized carbons (Fsp3) is 0.706. The largest absolute Gasteiger partial charge is 0.474 e. The molecule has 8 heteroatoms. The molecule has 7 nitrogen and oxygen atoms in total. The summed E-state index contributed by atoms with van der Waals surface area (Å²) in [5.41, 5.74) is -0.535. The van der Waals surface area contributed by atoms with Crippen LogP contribution < -0.4 is 5.32 Å². The van der Waals surface area contributed by atoms with Crippen molar-refractivity contribution >= 4 is 18.8 Å². The van der Waals surface area contributed by atoms with Crippen LogP contribution in [-0.2, 0) is 9.47 Å². The Morgan fingerprint density at radius 2 is 2.00 bits per heavy atom. The summed E-state index contributed by atoms with van der Waals surface area (Å²) >= 11 is 0. The van der Waals surface area contributed by atoms with Crippen molar-refractivity contribution in [2.24, 2.45) is 9.98 Å². The molecule has 2 rings (SSSR count). The molecular formula is C17H27FN4O3. The van der Waals surface area contributed by atoms with Crippen LogP contribution in [0.25, 0.3) is 0 Å². The summed E-state index contributed by atoms with van der Waals surface area (Å²) in [7, 11) is 0. The van der Waals surface area contributed by atoms with Crippen LogP contribution in [0, 0.1) is 0 Å². The third kappa shape index (κ3) is 6.36. The molecule has 25 heavy (non-hydrogen) atoms. The standard InChI is InChI=1S/C17H27FN4O3/c1-11(18)14(24-13-6-7-13)21-15(19-5)20-12-8-9-22(10-12)16(23)25-17(2,3)4/h12-13H,5-10H2,1-4H3,(H,20,21)/b14-11-/t12-/m1/s1. The molecule has 1 atom stereocenters. The SMILES string of the molecule is C=NC(=N[C@@H]1CCN(C(=O)OC(C)(C)C)C1)N/C(OC1CC1)=C(\C)F. The zero-order chi connectivity index (χ0) is 18.6. The van der Waals surface area contributed by atoms with Crippen molar-refractivity contribution in [3.05, 3.63) is 11.7 Å². The molecular weight excluding hydrogens is 327 g/mol. The Kier molecular flexibility index (Phi) is 6.02. The lowest BCUT2D eigenvalue weighted by atomic mass is 10.2. The molecule has 1 N–H and O–H groups in total. The van der Waals surface area contributed by atoms with Gasteiger partial charge >= 0.3 is 6.09 Å². The first-order valence-electron chi connectivity index (χ1n) is 8.50. The Morgan fingerprint density at radius 3 is 2.52 bits per heavy atom. The van der Waals surface area contributed by atoms with E-state index >= 15 is 0 Å². The van der Waals surface area contributed by atoms with Gasteiger partial charge in [0.2, 0.25) is 11.8 Å². The quantitative estimate of drug-likeness (QED) is 0.478. The van der Waals surface area contributed by atoms with Crippen molar-refractivity contribution in [2.75, 3.05) is 13.1 Å². The molecule has 2 aliphatic rings. The Morgan fingerprint density at radius 1 is 1.32 bits per heavy atom. The van der Waals surface area contributed by atoms with E-state index in [1.165, 1.54) is 6.92 Å². The summed E-state index contributed by atoms with van der Waals surface area (Å²) in [6.45, 7) is 11.2. The minimum Gasteiger partial charge on any atom is -0.474 e. The Balaban J connectivity index is 1.94. The summed E-state index contributed by atoms with van der Waals surface area (Å²) in [5, 5.41) is 2.75. The molecule has 1 amide bonds. The molecule has 1 saturated heterocycles. The number of carbonyl (C=O) groups is 1. The zero-order valence-corrected chi connectivity index (χ0v) is 15.3. The van der Waals surface area contributed by atoms with E-state index in [1.807, 2.05) is 20.8 Å². The van der Waals surface area contributed by atoms with Gasteiger partial charge in [-0.25, -0.2) is 19.2 Å². The molecule has 0 bridgehead atoms. The molecule has 0 aromatic carbocycles. The highest BCUT2D eigenvalue weighted by Gasteiger charge is 2.30. The van der Waals surface area contributed by atoms with E-state index in [2.05, 4.69) is 22.0 Å². The van der Waals surface area contributed by atoms with Crippen LogP contribution in [0.4, 0.5) is 9.18 Å². The minimum absolute atomic E-state index is 0.0237. The number of hydrogen-bond donors (Lipinski definition) is 1. The van der Waals surface area contributed by atoms with Gasteiger partial charge in [0.15, 0.2) is 5.83 Å². The number of carbonyl (C=O) groups excluding carboxylic acids is 1. The number of guanidine groups is 1. The second kappa shape index (κ2) is 7.84.